The van der Waals surface area contributed by atoms with Crippen LogP contribution in [0.25, 0.3) is 0 Å². The highest BCUT2D eigenvalue weighted by Gasteiger charge is 2.17. The van der Waals surface area contributed by atoms with Gasteiger partial charge in [-0.2, -0.15) is 0 Å². The molecule has 0 bridgehead atoms. The lowest BCUT2D eigenvalue weighted by molar-refractivity contribution is 0.206. The molecule has 1 heterocycles. The van der Waals surface area contributed by atoms with Gasteiger partial charge in [0.1, 0.15) is 0 Å². The van der Waals surface area contributed by atoms with Crippen LogP contribution in [0.15, 0.2) is 24.3 Å². The minimum Gasteiger partial charge on any atom is -0.327 e. The molecule has 0 unspecified atom stereocenters. The third kappa shape index (κ3) is 4.40. The molecule has 0 aliphatic carbocycles. The molecular weight excluding hydrogens is 262 g/mol. The number of piperidine rings is 1. The minimum atomic E-state index is -0.0687. The highest BCUT2D eigenvalue weighted by atomic mass is 35.5. The van der Waals surface area contributed by atoms with Crippen LogP contribution in [0.1, 0.15) is 12.8 Å². The van der Waals surface area contributed by atoms with Gasteiger partial charge in [-0.05, 0) is 56.1 Å². The Hall–Kier alpha value is -1.26. The zero-order valence-corrected chi connectivity index (χ0v) is 11.9. The summed E-state index contributed by atoms with van der Waals surface area (Å²) in [5.41, 5.74) is 0.770. The van der Waals surface area contributed by atoms with E-state index in [0.29, 0.717) is 10.9 Å². The van der Waals surface area contributed by atoms with E-state index in [-0.39, 0.29) is 6.03 Å². The summed E-state index contributed by atoms with van der Waals surface area (Å²) in [5, 5.41) is 6.87. The van der Waals surface area contributed by atoms with Crippen molar-refractivity contribution in [2.45, 2.75) is 12.8 Å². The number of anilines is 1. The molecule has 1 saturated heterocycles. The average Bonchev–Trinajstić information content (AvgIpc) is 2.42. The van der Waals surface area contributed by atoms with Crippen LogP contribution >= 0.6 is 11.6 Å². The third-order valence-corrected chi connectivity index (χ3v) is 3.68. The number of benzene rings is 1. The van der Waals surface area contributed by atoms with Crippen LogP contribution in [0.3, 0.4) is 0 Å². The van der Waals surface area contributed by atoms with Gasteiger partial charge >= 0.3 is 6.03 Å². The molecule has 0 spiro atoms. The van der Waals surface area contributed by atoms with Crippen molar-refractivity contribution in [3.8, 4) is 0 Å². The predicted octanol–water partition coefficient (Wildman–Crippen LogP) is 2.80. The molecule has 2 N–H and O–H groups in total. The number of rotatable bonds is 3. The maximum atomic E-state index is 12.0. The number of halogens is 1. The number of carbonyl (C=O) groups is 1. The van der Waals surface area contributed by atoms with E-state index in [0.717, 1.165) is 38.2 Å². The van der Waals surface area contributed by atoms with Crippen LogP contribution in [0, 0.1) is 5.92 Å². The maximum Gasteiger partial charge on any atom is 0.321 e. The molecule has 1 fully saturated rings. The second kappa shape index (κ2) is 6.78. The highest BCUT2D eigenvalue weighted by molar-refractivity contribution is 6.30. The molecule has 1 aromatic carbocycles. The summed E-state index contributed by atoms with van der Waals surface area (Å²) in [6.07, 6.45) is 2.27. The number of hydrogen-bond donors (Lipinski definition) is 2. The predicted molar refractivity (Wildman–Crippen MR) is 78.7 cm³/mol. The van der Waals surface area contributed by atoms with Crippen molar-refractivity contribution in [2.75, 3.05) is 32.0 Å². The Morgan fingerprint density at radius 3 is 2.63 bits per heavy atom. The fourth-order valence-electron chi connectivity index (χ4n) is 2.29. The first-order valence-electron chi connectivity index (χ1n) is 6.63. The van der Waals surface area contributed by atoms with Crippen molar-refractivity contribution in [3.05, 3.63) is 29.3 Å². The SMILES string of the molecule is CN(CC1CCNCC1)C(=O)Nc1ccc(Cl)cc1. The van der Waals surface area contributed by atoms with Gasteiger partial charge in [-0.3, -0.25) is 0 Å². The lowest BCUT2D eigenvalue weighted by Gasteiger charge is -2.27. The molecule has 104 valence electrons. The largest absolute Gasteiger partial charge is 0.327 e. The molecule has 0 radical (unpaired) electrons. The maximum absolute atomic E-state index is 12.0. The Balaban J connectivity index is 1.83. The van der Waals surface area contributed by atoms with Crippen LogP contribution in [-0.2, 0) is 0 Å². The lowest BCUT2D eigenvalue weighted by Crippen LogP contribution is -2.39. The Bertz CT molecular complexity index is 415. The summed E-state index contributed by atoms with van der Waals surface area (Å²) in [7, 11) is 1.84. The average molecular weight is 282 g/mol. The monoisotopic (exact) mass is 281 g/mol. The van der Waals surface area contributed by atoms with Gasteiger partial charge in [-0.25, -0.2) is 4.79 Å². The molecule has 0 atom stereocenters. The number of hydrogen-bond acceptors (Lipinski definition) is 2. The molecule has 1 aliphatic heterocycles. The van der Waals surface area contributed by atoms with E-state index in [2.05, 4.69) is 10.6 Å². The second-order valence-electron chi connectivity index (χ2n) is 5.01. The van der Waals surface area contributed by atoms with E-state index in [1.54, 1.807) is 29.2 Å². The van der Waals surface area contributed by atoms with Gasteiger partial charge in [0.2, 0.25) is 0 Å². The van der Waals surface area contributed by atoms with Crippen molar-refractivity contribution in [1.29, 1.82) is 0 Å². The van der Waals surface area contributed by atoms with E-state index >= 15 is 0 Å². The van der Waals surface area contributed by atoms with E-state index in [1.165, 1.54) is 0 Å². The summed E-state index contributed by atoms with van der Waals surface area (Å²) >= 11 is 5.81. The zero-order chi connectivity index (χ0) is 13.7. The summed E-state index contributed by atoms with van der Waals surface area (Å²) in [6.45, 7) is 2.91. The molecule has 0 aromatic heterocycles. The molecule has 1 aliphatic rings. The molecule has 2 rings (SSSR count). The van der Waals surface area contributed by atoms with Crippen LogP contribution < -0.4 is 10.6 Å². The Morgan fingerprint density at radius 2 is 2.00 bits per heavy atom. The number of amides is 2. The van der Waals surface area contributed by atoms with Crippen LogP contribution in [-0.4, -0.2) is 37.6 Å². The smallest absolute Gasteiger partial charge is 0.321 e. The van der Waals surface area contributed by atoms with Gasteiger partial charge in [-0.15, -0.1) is 0 Å². The molecule has 5 heteroatoms. The number of carbonyl (C=O) groups excluding carboxylic acids is 1. The summed E-state index contributed by atoms with van der Waals surface area (Å²) in [4.78, 5) is 13.8. The van der Waals surface area contributed by atoms with Crippen molar-refractivity contribution in [1.82, 2.24) is 10.2 Å². The number of nitrogens with one attached hydrogen (secondary N) is 2. The summed E-state index contributed by atoms with van der Waals surface area (Å²) in [5.74, 6) is 0.599. The van der Waals surface area contributed by atoms with Crippen molar-refractivity contribution < 1.29 is 4.79 Å². The van der Waals surface area contributed by atoms with Gasteiger partial charge < -0.3 is 15.5 Å². The topological polar surface area (TPSA) is 44.4 Å². The molecule has 2 amide bonds. The summed E-state index contributed by atoms with van der Waals surface area (Å²) in [6, 6.07) is 7.08. The fourth-order valence-corrected chi connectivity index (χ4v) is 2.41. The van der Waals surface area contributed by atoms with Crippen molar-refractivity contribution in [2.24, 2.45) is 5.92 Å². The number of urea groups is 1. The molecule has 0 saturated carbocycles. The third-order valence-electron chi connectivity index (χ3n) is 3.43. The van der Waals surface area contributed by atoms with E-state index in [4.69, 9.17) is 11.6 Å². The van der Waals surface area contributed by atoms with E-state index < -0.39 is 0 Å². The van der Waals surface area contributed by atoms with Gasteiger partial charge in [-0.1, -0.05) is 11.6 Å². The van der Waals surface area contributed by atoms with Gasteiger partial charge in [0.05, 0.1) is 0 Å². The highest BCUT2D eigenvalue weighted by Crippen LogP contribution is 2.15. The Morgan fingerprint density at radius 1 is 1.37 bits per heavy atom. The lowest BCUT2D eigenvalue weighted by atomic mass is 9.98. The van der Waals surface area contributed by atoms with Gasteiger partial charge in [0, 0.05) is 24.3 Å². The van der Waals surface area contributed by atoms with Crippen LogP contribution in [0.4, 0.5) is 10.5 Å². The van der Waals surface area contributed by atoms with Crippen LogP contribution in [0.2, 0.25) is 5.02 Å². The number of nitrogens with zero attached hydrogens (tertiary/aromatic N) is 1. The second-order valence-corrected chi connectivity index (χ2v) is 5.45. The molecule has 1 aromatic rings. The zero-order valence-electron chi connectivity index (χ0n) is 11.2. The minimum absolute atomic E-state index is 0.0687. The van der Waals surface area contributed by atoms with Gasteiger partial charge in [0.25, 0.3) is 0 Å². The Kier molecular flexibility index (Phi) is 5.05. The first kappa shape index (κ1) is 14.2. The molecular formula is C14H20ClN3O. The van der Waals surface area contributed by atoms with Crippen molar-refractivity contribution >= 4 is 23.3 Å². The molecule has 4 nitrogen and oxygen atoms in total. The standard InChI is InChI=1S/C14H20ClN3O/c1-18(10-11-6-8-16-9-7-11)14(19)17-13-4-2-12(15)3-5-13/h2-5,11,16H,6-10H2,1H3,(H,17,19). The van der Waals surface area contributed by atoms with E-state index in [9.17, 15) is 4.79 Å². The molecule has 19 heavy (non-hydrogen) atoms. The summed E-state index contributed by atoms with van der Waals surface area (Å²) < 4.78 is 0. The van der Waals surface area contributed by atoms with Crippen molar-refractivity contribution in [3.63, 3.8) is 0 Å². The first-order chi connectivity index (χ1) is 9.15. The van der Waals surface area contributed by atoms with E-state index in [1.807, 2.05) is 7.05 Å². The first-order valence-corrected chi connectivity index (χ1v) is 7.01. The van der Waals surface area contributed by atoms with Crippen LogP contribution in [0.5, 0.6) is 0 Å². The normalized spacial score (nSPS) is 16.1. The quantitative estimate of drug-likeness (QED) is 0.895. The fraction of sp³-hybridized carbons (Fsp3) is 0.500. The Labute approximate surface area is 119 Å². The van der Waals surface area contributed by atoms with Gasteiger partial charge in [0.15, 0.2) is 0 Å².